The van der Waals surface area contributed by atoms with E-state index in [1.807, 2.05) is 42.5 Å². The van der Waals surface area contributed by atoms with E-state index in [-0.39, 0.29) is 18.8 Å². The molecule has 0 aliphatic carbocycles. The second-order valence-corrected chi connectivity index (χ2v) is 11.9. The first kappa shape index (κ1) is 24.9. The van der Waals surface area contributed by atoms with Crippen molar-refractivity contribution in [3.63, 3.8) is 0 Å². The van der Waals surface area contributed by atoms with Gasteiger partial charge in [0.2, 0.25) is 5.91 Å². The summed E-state index contributed by atoms with van der Waals surface area (Å²) in [6.45, 7) is 0.151. The molecule has 1 aromatic heterocycles. The van der Waals surface area contributed by atoms with Gasteiger partial charge in [-0.15, -0.1) is 11.3 Å². The summed E-state index contributed by atoms with van der Waals surface area (Å²) in [4.78, 5) is 25.6. The average molecular weight is 515 g/mol. The Morgan fingerprint density at radius 3 is 2.57 bits per heavy atom. The van der Waals surface area contributed by atoms with Crippen LogP contribution in [-0.2, 0) is 30.7 Å². The van der Waals surface area contributed by atoms with Crippen LogP contribution in [0.1, 0.15) is 36.1 Å². The molecule has 3 aromatic rings. The summed E-state index contributed by atoms with van der Waals surface area (Å²) in [7, 11) is -3.60. The summed E-state index contributed by atoms with van der Waals surface area (Å²) in [5.41, 5.74) is 3.78. The second-order valence-electron chi connectivity index (χ2n) is 8.41. The van der Waals surface area contributed by atoms with Crippen LogP contribution in [0, 0.1) is 0 Å². The van der Waals surface area contributed by atoms with Crippen molar-refractivity contribution in [2.45, 2.75) is 37.0 Å². The predicted octanol–water partition coefficient (Wildman–Crippen LogP) is 4.85. The SMILES string of the molecule is O=C(C[C@]1(c2ccc(-c3cccc(NC(=O)OCc4ccccc4)c3)s2)CCCCS1(=O)=O)NO. The molecule has 1 atom stereocenters. The Kier molecular flexibility index (Phi) is 7.54. The molecule has 1 aliphatic rings. The Bertz CT molecular complexity index is 1310. The highest BCUT2D eigenvalue weighted by atomic mass is 32.2. The summed E-state index contributed by atoms with van der Waals surface area (Å²) < 4.78 is 30.2. The first-order valence-corrected chi connectivity index (χ1v) is 13.6. The molecule has 35 heavy (non-hydrogen) atoms. The molecule has 2 amide bonds. The highest BCUT2D eigenvalue weighted by Crippen LogP contribution is 2.47. The number of hydrogen-bond donors (Lipinski definition) is 3. The highest BCUT2D eigenvalue weighted by Gasteiger charge is 2.49. The molecule has 0 spiro atoms. The molecule has 0 unspecified atom stereocenters. The molecule has 2 aromatic carbocycles. The Balaban J connectivity index is 1.53. The normalized spacial score (nSPS) is 19.0. The standard InChI is InChI=1S/C25H26N2O6S2/c28-23(27-30)16-25(13-4-5-14-35(25,31)32)22-12-11-21(34-22)19-9-6-10-20(15-19)26-24(29)33-17-18-7-2-1-3-8-18/h1-3,6-12,15,30H,4-5,13-14,16-17H2,(H,26,29)(H,27,28)/t25-/m0/s1. The van der Waals surface area contributed by atoms with Gasteiger partial charge in [-0.1, -0.05) is 48.9 Å². The van der Waals surface area contributed by atoms with Crippen molar-refractivity contribution in [2.75, 3.05) is 11.1 Å². The first-order valence-electron chi connectivity index (χ1n) is 11.2. The summed E-state index contributed by atoms with van der Waals surface area (Å²) in [6, 6.07) is 20.1. The van der Waals surface area contributed by atoms with E-state index in [2.05, 4.69) is 5.32 Å². The monoisotopic (exact) mass is 514 g/mol. The minimum Gasteiger partial charge on any atom is -0.444 e. The van der Waals surface area contributed by atoms with Crippen molar-refractivity contribution >= 4 is 38.9 Å². The van der Waals surface area contributed by atoms with Crippen LogP contribution < -0.4 is 10.8 Å². The van der Waals surface area contributed by atoms with Gasteiger partial charge in [-0.2, -0.15) is 0 Å². The van der Waals surface area contributed by atoms with Gasteiger partial charge in [0.15, 0.2) is 9.84 Å². The van der Waals surface area contributed by atoms with Crippen LogP contribution in [0.5, 0.6) is 0 Å². The Hall–Kier alpha value is -3.21. The molecule has 0 bridgehead atoms. The van der Waals surface area contributed by atoms with Gasteiger partial charge >= 0.3 is 6.09 Å². The van der Waals surface area contributed by atoms with Gasteiger partial charge in [0.1, 0.15) is 11.4 Å². The Morgan fingerprint density at radius 2 is 1.83 bits per heavy atom. The third kappa shape index (κ3) is 5.55. The number of hydroxylamine groups is 1. The lowest BCUT2D eigenvalue weighted by molar-refractivity contribution is -0.130. The second kappa shape index (κ2) is 10.6. The van der Waals surface area contributed by atoms with Crippen molar-refractivity contribution in [1.29, 1.82) is 0 Å². The fourth-order valence-electron chi connectivity index (χ4n) is 4.28. The third-order valence-electron chi connectivity index (χ3n) is 6.07. The lowest BCUT2D eigenvalue weighted by atomic mass is 9.94. The van der Waals surface area contributed by atoms with Gasteiger partial charge in [0.25, 0.3) is 0 Å². The van der Waals surface area contributed by atoms with E-state index in [0.717, 1.165) is 16.0 Å². The van der Waals surface area contributed by atoms with Gasteiger partial charge < -0.3 is 4.74 Å². The number of benzene rings is 2. The minimum atomic E-state index is -3.60. The van der Waals surface area contributed by atoms with Gasteiger partial charge in [-0.3, -0.25) is 15.3 Å². The first-order chi connectivity index (χ1) is 16.8. The predicted molar refractivity (Wildman–Crippen MR) is 134 cm³/mol. The zero-order chi connectivity index (χ0) is 24.9. The van der Waals surface area contributed by atoms with Crippen molar-refractivity contribution in [1.82, 2.24) is 5.48 Å². The quantitative estimate of drug-likeness (QED) is 0.306. The van der Waals surface area contributed by atoms with Crippen LogP contribution in [0.4, 0.5) is 10.5 Å². The summed E-state index contributed by atoms with van der Waals surface area (Å²) in [5, 5.41) is 11.8. The fraction of sp³-hybridized carbons (Fsp3) is 0.280. The maximum absolute atomic E-state index is 13.1. The van der Waals surface area contributed by atoms with Crippen molar-refractivity contribution in [3.8, 4) is 10.4 Å². The number of thiophene rings is 1. The number of rotatable bonds is 7. The highest BCUT2D eigenvalue weighted by molar-refractivity contribution is 7.92. The molecule has 1 saturated heterocycles. The number of amides is 2. The molecular weight excluding hydrogens is 488 g/mol. The molecule has 10 heteroatoms. The number of hydrogen-bond acceptors (Lipinski definition) is 7. The summed E-state index contributed by atoms with van der Waals surface area (Å²) in [5.74, 6) is -0.727. The van der Waals surface area contributed by atoms with Crippen LogP contribution >= 0.6 is 11.3 Å². The van der Waals surface area contributed by atoms with Crippen molar-refractivity contribution in [3.05, 3.63) is 77.2 Å². The topological polar surface area (TPSA) is 122 Å². The average Bonchev–Trinajstić information content (AvgIpc) is 3.36. The molecule has 3 N–H and O–H groups in total. The zero-order valence-electron chi connectivity index (χ0n) is 18.9. The Morgan fingerprint density at radius 1 is 1.03 bits per heavy atom. The summed E-state index contributed by atoms with van der Waals surface area (Å²) in [6.07, 6.45) is 0.630. The van der Waals surface area contributed by atoms with E-state index in [9.17, 15) is 18.0 Å². The molecule has 1 fully saturated rings. The lowest BCUT2D eigenvalue weighted by Crippen LogP contribution is -2.43. The number of sulfone groups is 1. The van der Waals surface area contributed by atoms with E-state index in [0.29, 0.717) is 29.8 Å². The number of anilines is 1. The van der Waals surface area contributed by atoms with Crippen LogP contribution in [0.15, 0.2) is 66.7 Å². The van der Waals surface area contributed by atoms with E-state index in [1.54, 1.807) is 29.7 Å². The zero-order valence-corrected chi connectivity index (χ0v) is 20.5. The molecule has 2 heterocycles. The largest absolute Gasteiger partial charge is 0.444 e. The van der Waals surface area contributed by atoms with E-state index in [4.69, 9.17) is 9.94 Å². The van der Waals surface area contributed by atoms with Gasteiger partial charge in [0, 0.05) is 15.4 Å². The molecule has 1 aliphatic heterocycles. The smallest absolute Gasteiger partial charge is 0.411 e. The van der Waals surface area contributed by atoms with E-state index in [1.165, 1.54) is 11.3 Å². The fourth-order valence-corrected chi connectivity index (χ4v) is 8.06. The van der Waals surface area contributed by atoms with Crippen LogP contribution in [0.25, 0.3) is 10.4 Å². The van der Waals surface area contributed by atoms with Crippen LogP contribution in [0.2, 0.25) is 0 Å². The van der Waals surface area contributed by atoms with E-state index < -0.39 is 26.6 Å². The number of ether oxygens (including phenoxy) is 1. The van der Waals surface area contributed by atoms with E-state index >= 15 is 0 Å². The van der Waals surface area contributed by atoms with Crippen LogP contribution in [0.3, 0.4) is 0 Å². The minimum absolute atomic E-state index is 0.00341. The Labute approximate surface area is 207 Å². The molecule has 4 rings (SSSR count). The van der Waals surface area contributed by atoms with Gasteiger partial charge in [-0.25, -0.2) is 18.7 Å². The molecule has 0 saturated carbocycles. The van der Waals surface area contributed by atoms with Crippen molar-refractivity contribution < 1.29 is 28.0 Å². The molecule has 184 valence electrons. The van der Waals surface area contributed by atoms with Crippen LogP contribution in [-0.4, -0.2) is 31.4 Å². The molecular formula is C25H26N2O6S2. The maximum atomic E-state index is 13.1. The number of carbonyl (C=O) groups excluding carboxylic acids is 2. The number of carbonyl (C=O) groups is 2. The molecule has 8 nitrogen and oxygen atoms in total. The van der Waals surface area contributed by atoms with Gasteiger partial charge in [0.05, 0.1) is 12.2 Å². The lowest BCUT2D eigenvalue weighted by Gasteiger charge is -2.35. The third-order valence-corrected chi connectivity index (χ3v) is 10.1. The van der Waals surface area contributed by atoms with Crippen molar-refractivity contribution in [2.24, 2.45) is 0 Å². The number of nitrogens with one attached hydrogen (secondary N) is 2. The maximum Gasteiger partial charge on any atom is 0.411 e. The van der Waals surface area contributed by atoms with Gasteiger partial charge in [-0.05, 0) is 48.2 Å². The summed E-state index contributed by atoms with van der Waals surface area (Å²) >= 11 is 1.30. The molecule has 0 radical (unpaired) electrons.